The molecular formula is C57H43N3. The van der Waals surface area contributed by atoms with E-state index in [1.54, 1.807) is 0 Å². The van der Waals surface area contributed by atoms with Gasteiger partial charge in [0.15, 0.2) is 0 Å². The van der Waals surface area contributed by atoms with Crippen LogP contribution in [-0.2, 0) is 10.8 Å². The third kappa shape index (κ3) is 4.93. The van der Waals surface area contributed by atoms with Gasteiger partial charge in [0.2, 0.25) is 0 Å². The average molecular weight is 770 g/mol. The van der Waals surface area contributed by atoms with Crippen LogP contribution in [0, 0.1) is 0 Å². The summed E-state index contributed by atoms with van der Waals surface area (Å²) < 4.78 is 2.41. The van der Waals surface area contributed by atoms with E-state index in [9.17, 15) is 0 Å². The Morgan fingerprint density at radius 2 is 1.05 bits per heavy atom. The van der Waals surface area contributed by atoms with Crippen molar-refractivity contribution in [1.29, 1.82) is 0 Å². The molecule has 0 radical (unpaired) electrons. The van der Waals surface area contributed by atoms with Crippen LogP contribution in [0.25, 0.3) is 71.8 Å². The van der Waals surface area contributed by atoms with E-state index in [-0.39, 0.29) is 10.8 Å². The van der Waals surface area contributed by atoms with E-state index in [0.29, 0.717) is 0 Å². The summed E-state index contributed by atoms with van der Waals surface area (Å²) in [5.74, 6) is 0. The lowest BCUT2D eigenvalue weighted by atomic mass is 9.82. The first kappa shape index (κ1) is 34.8. The molecule has 0 bridgehead atoms. The van der Waals surface area contributed by atoms with Gasteiger partial charge in [-0.15, -0.1) is 0 Å². The second-order valence-electron chi connectivity index (χ2n) is 17.6. The fourth-order valence-electron chi connectivity index (χ4n) is 10.6. The minimum absolute atomic E-state index is 0.120. The maximum Gasteiger partial charge on any atom is 0.0747 e. The maximum absolute atomic E-state index is 5.22. The highest BCUT2D eigenvalue weighted by Gasteiger charge is 2.38. The van der Waals surface area contributed by atoms with Gasteiger partial charge in [0.25, 0.3) is 0 Å². The van der Waals surface area contributed by atoms with Gasteiger partial charge in [0.05, 0.1) is 28.6 Å². The van der Waals surface area contributed by atoms with Crippen molar-refractivity contribution in [2.45, 2.75) is 38.5 Å². The molecule has 0 N–H and O–H groups in total. The summed E-state index contributed by atoms with van der Waals surface area (Å²) in [5, 5.41) is 5.06. The van der Waals surface area contributed by atoms with Crippen LogP contribution in [0.1, 0.15) is 49.9 Å². The second-order valence-corrected chi connectivity index (χ2v) is 17.6. The highest BCUT2D eigenvalue weighted by molar-refractivity contribution is 6.22. The fraction of sp³-hybridized carbons (Fsp3) is 0.105. The molecule has 0 saturated carbocycles. The summed E-state index contributed by atoms with van der Waals surface area (Å²) in [4.78, 5) is 7.62. The molecule has 2 aliphatic carbocycles. The molecule has 0 fully saturated rings. The van der Waals surface area contributed by atoms with Crippen LogP contribution in [0.15, 0.2) is 188 Å². The molecule has 2 aromatic heterocycles. The molecule has 0 amide bonds. The highest BCUT2D eigenvalue weighted by atomic mass is 15.1. The number of anilines is 3. The van der Waals surface area contributed by atoms with Gasteiger partial charge < -0.3 is 9.47 Å². The number of pyridine rings is 1. The zero-order chi connectivity index (χ0) is 40.3. The molecule has 10 aromatic rings. The number of para-hydroxylation sites is 1. The van der Waals surface area contributed by atoms with E-state index in [1.807, 2.05) is 0 Å². The van der Waals surface area contributed by atoms with Crippen molar-refractivity contribution in [3.05, 3.63) is 210 Å². The van der Waals surface area contributed by atoms with Crippen LogP contribution in [0.5, 0.6) is 0 Å². The topological polar surface area (TPSA) is 21.1 Å². The standard InChI is InChI=1S/C57H43N3/c1-56(2)48-20-12-10-18-44(48)45-29-28-41(33-50(45)56)59(42-34-51-55(58-35-42)46-19-11-13-21-49(46)57(51,3)4)40-26-22-36(23-27-40)38-25-30-52-47(32-38)54-43-17-9-8-14-37(43)24-31-53(54)60(52)39-15-6-5-7-16-39/h5-35H,1-4H3. The summed E-state index contributed by atoms with van der Waals surface area (Å²) in [7, 11) is 0. The Morgan fingerprint density at radius 1 is 0.433 bits per heavy atom. The van der Waals surface area contributed by atoms with Gasteiger partial charge in [0, 0.05) is 44.2 Å². The summed E-state index contributed by atoms with van der Waals surface area (Å²) in [6, 6.07) is 67.1. The van der Waals surface area contributed by atoms with Crippen LogP contribution in [0.3, 0.4) is 0 Å². The van der Waals surface area contributed by atoms with Crippen molar-refractivity contribution in [1.82, 2.24) is 9.55 Å². The van der Waals surface area contributed by atoms with E-state index in [4.69, 9.17) is 4.98 Å². The molecule has 2 aliphatic rings. The number of nitrogens with zero attached hydrogens (tertiary/aromatic N) is 3. The molecule has 0 saturated heterocycles. The lowest BCUT2D eigenvalue weighted by Gasteiger charge is -2.29. The van der Waals surface area contributed by atoms with E-state index >= 15 is 0 Å². The van der Waals surface area contributed by atoms with Crippen LogP contribution in [0.2, 0.25) is 0 Å². The monoisotopic (exact) mass is 769 g/mol. The van der Waals surface area contributed by atoms with Crippen molar-refractivity contribution in [2.75, 3.05) is 4.90 Å². The van der Waals surface area contributed by atoms with Gasteiger partial charge in [-0.2, -0.15) is 0 Å². The first-order chi connectivity index (χ1) is 29.3. The molecular weight excluding hydrogens is 727 g/mol. The summed E-state index contributed by atoms with van der Waals surface area (Å²) in [6.45, 7) is 9.37. The van der Waals surface area contributed by atoms with Gasteiger partial charge in [0.1, 0.15) is 0 Å². The molecule has 0 atom stereocenters. The van der Waals surface area contributed by atoms with Crippen molar-refractivity contribution in [3.8, 4) is 39.2 Å². The van der Waals surface area contributed by atoms with Crippen LogP contribution >= 0.6 is 0 Å². The van der Waals surface area contributed by atoms with E-state index < -0.39 is 0 Å². The molecule has 2 heterocycles. The first-order valence-corrected chi connectivity index (χ1v) is 21.0. The third-order valence-corrected chi connectivity index (χ3v) is 13.6. The quantitative estimate of drug-likeness (QED) is 0.174. The number of aromatic nitrogens is 2. The summed E-state index contributed by atoms with van der Waals surface area (Å²) in [5.41, 5.74) is 19.2. The van der Waals surface area contributed by atoms with E-state index in [0.717, 1.165) is 28.4 Å². The summed E-state index contributed by atoms with van der Waals surface area (Å²) in [6.07, 6.45) is 2.07. The van der Waals surface area contributed by atoms with Crippen LogP contribution < -0.4 is 4.90 Å². The first-order valence-electron chi connectivity index (χ1n) is 21.0. The Morgan fingerprint density at radius 3 is 1.87 bits per heavy atom. The minimum Gasteiger partial charge on any atom is -0.309 e. The SMILES string of the molecule is CC1(C)c2ccccc2-c2ccc(N(c3ccc(-c4ccc5c(c4)c4c6ccccc6ccc4n5-c4ccccc4)cc3)c3cnc4c(c3)C(C)(C)c3ccccc3-4)cc21. The number of rotatable bonds is 5. The van der Waals surface area contributed by atoms with Gasteiger partial charge in [-0.3, -0.25) is 4.98 Å². The zero-order valence-electron chi connectivity index (χ0n) is 34.2. The second kappa shape index (κ2) is 12.6. The van der Waals surface area contributed by atoms with Gasteiger partial charge >= 0.3 is 0 Å². The molecule has 286 valence electrons. The molecule has 8 aromatic carbocycles. The molecule has 0 unspecified atom stereocenters. The third-order valence-electron chi connectivity index (χ3n) is 13.6. The number of fused-ring (bicyclic) bond motifs is 11. The zero-order valence-corrected chi connectivity index (χ0v) is 34.2. The van der Waals surface area contributed by atoms with E-state index in [1.165, 1.54) is 82.6 Å². The lowest BCUT2D eigenvalue weighted by molar-refractivity contribution is 0.659. The normalized spacial score (nSPS) is 14.3. The molecule has 60 heavy (non-hydrogen) atoms. The molecule has 0 spiro atoms. The van der Waals surface area contributed by atoms with Crippen molar-refractivity contribution in [2.24, 2.45) is 0 Å². The Labute approximate surface area is 350 Å². The summed E-state index contributed by atoms with van der Waals surface area (Å²) >= 11 is 0. The van der Waals surface area contributed by atoms with E-state index in [2.05, 4.69) is 225 Å². The van der Waals surface area contributed by atoms with Gasteiger partial charge in [-0.25, -0.2) is 0 Å². The van der Waals surface area contributed by atoms with Gasteiger partial charge in [-0.1, -0.05) is 149 Å². The molecule has 3 heteroatoms. The smallest absolute Gasteiger partial charge is 0.0747 e. The highest BCUT2D eigenvalue weighted by Crippen LogP contribution is 2.52. The van der Waals surface area contributed by atoms with Crippen molar-refractivity contribution in [3.63, 3.8) is 0 Å². The van der Waals surface area contributed by atoms with Crippen molar-refractivity contribution >= 4 is 49.6 Å². The number of hydrogen-bond acceptors (Lipinski definition) is 2. The van der Waals surface area contributed by atoms with Crippen LogP contribution in [0.4, 0.5) is 17.1 Å². The molecule has 0 aliphatic heterocycles. The largest absolute Gasteiger partial charge is 0.309 e. The predicted octanol–water partition coefficient (Wildman–Crippen LogP) is 15.1. The van der Waals surface area contributed by atoms with Crippen molar-refractivity contribution < 1.29 is 0 Å². The predicted molar refractivity (Wildman–Crippen MR) is 251 cm³/mol. The molecule has 12 rings (SSSR count). The van der Waals surface area contributed by atoms with Gasteiger partial charge in [-0.05, 0) is 116 Å². The Balaban J connectivity index is 1.01. The minimum atomic E-state index is -0.167. The number of benzene rings is 8. The Hall–Kier alpha value is -7.23. The maximum atomic E-state index is 5.22. The Bertz CT molecular complexity index is 3260. The number of hydrogen-bond donors (Lipinski definition) is 0. The van der Waals surface area contributed by atoms with Crippen LogP contribution in [-0.4, -0.2) is 9.55 Å². The average Bonchev–Trinajstić information content (AvgIpc) is 3.83. The lowest BCUT2D eigenvalue weighted by Crippen LogP contribution is -2.18. The fourth-order valence-corrected chi connectivity index (χ4v) is 10.6. The molecule has 3 nitrogen and oxygen atoms in total. The Kier molecular flexibility index (Phi) is 7.32.